The molecule has 2 heterocycles. The lowest BCUT2D eigenvalue weighted by Crippen LogP contribution is -2.46. The molecular weight excluding hydrogens is 318 g/mol. The first-order valence-corrected chi connectivity index (χ1v) is 8.23. The highest BCUT2D eigenvalue weighted by molar-refractivity contribution is 6.03. The fourth-order valence-electron chi connectivity index (χ4n) is 2.76. The van der Waals surface area contributed by atoms with Gasteiger partial charge in [0, 0.05) is 37.6 Å². The Balaban J connectivity index is 1.77. The second kappa shape index (κ2) is 7.29. The van der Waals surface area contributed by atoms with Gasteiger partial charge >= 0.3 is 0 Å². The Kier molecular flexibility index (Phi) is 4.92. The van der Waals surface area contributed by atoms with Crippen molar-refractivity contribution in [1.82, 2.24) is 14.9 Å². The first-order chi connectivity index (χ1) is 12.0. The van der Waals surface area contributed by atoms with Crippen LogP contribution in [0.3, 0.4) is 0 Å². The summed E-state index contributed by atoms with van der Waals surface area (Å²) in [5, 5.41) is 2.87. The highest BCUT2D eigenvalue weighted by atomic mass is 16.2. The van der Waals surface area contributed by atoms with Gasteiger partial charge in [-0.05, 0) is 37.6 Å². The predicted molar refractivity (Wildman–Crippen MR) is 95.8 cm³/mol. The molecule has 1 aliphatic heterocycles. The third-order valence-electron chi connectivity index (χ3n) is 4.10. The summed E-state index contributed by atoms with van der Waals surface area (Å²) in [5.41, 5.74) is 2.88. The van der Waals surface area contributed by atoms with Gasteiger partial charge in [0.25, 0.3) is 5.91 Å². The van der Waals surface area contributed by atoms with Crippen LogP contribution in [-0.2, 0) is 4.79 Å². The van der Waals surface area contributed by atoms with Crippen LogP contribution in [0.1, 0.15) is 21.7 Å². The average molecular weight is 339 g/mol. The predicted octanol–water partition coefficient (Wildman–Crippen LogP) is 1.62. The van der Waals surface area contributed by atoms with Crippen molar-refractivity contribution in [2.45, 2.75) is 13.8 Å². The topological polar surface area (TPSA) is 78.4 Å². The van der Waals surface area contributed by atoms with Gasteiger partial charge in [0.1, 0.15) is 5.69 Å². The van der Waals surface area contributed by atoms with Crippen LogP contribution >= 0.6 is 0 Å². The van der Waals surface area contributed by atoms with E-state index in [9.17, 15) is 9.59 Å². The summed E-state index contributed by atoms with van der Waals surface area (Å²) in [6.45, 7) is 6.39. The summed E-state index contributed by atoms with van der Waals surface area (Å²) in [6, 6.07) is 9.30. The van der Waals surface area contributed by atoms with Gasteiger partial charge in [0.05, 0.1) is 0 Å². The van der Waals surface area contributed by atoms with Crippen LogP contribution < -0.4 is 10.2 Å². The van der Waals surface area contributed by atoms with Crippen molar-refractivity contribution in [3.8, 4) is 0 Å². The lowest BCUT2D eigenvalue weighted by Gasteiger charge is -2.32. The molecule has 1 aliphatic rings. The highest BCUT2D eigenvalue weighted by Gasteiger charge is 2.20. The summed E-state index contributed by atoms with van der Waals surface area (Å²) in [7, 11) is 0. The number of rotatable bonds is 4. The minimum atomic E-state index is -0.260. The molecule has 1 aromatic carbocycles. The second-order valence-corrected chi connectivity index (χ2v) is 6.15. The Morgan fingerprint density at radius 3 is 2.56 bits per heavy atom. The van der Waals surface area contributed by atoms with Crippen LogP contribution in [-0.4, -0.2) is 53.4 Å². The van der Waals surface area contributed by atoms with E-state index in [0.717, 1.165) is 23.4 Å². The zero-order valence-corrected chi connectivity index (χ0v) is 14.4. The molecule has 1 aromatic heterocycles. The van der Waals surface area contributed by atoms with Gasteiger partial charge in [-0.2, -0.15) is 0 Å². The minimum absolute atomic E-state index is 0.260. The molecule has 0 radical (unpaired) electrons. The largest absolute Gasteiger partial charge is 0.342 e. The molecule has 0 spiro atoms. The molecule has 0 unspecified atom stereocenters. The summed E-state index contributed by atoms with van der Waals surface area (Å²) in [6.07, 6.45) is 0.856. The number of nitrogens with zero attached hydrogens (tertiary/aromatic N) is 4. The monoisotopic (exact) mass is 339 g/mol. The van der Waals surface area contributed by atoms with Crippen LogP contribution in [0.2, 0.25) is 0 Å². The van der Waals surface area contributed by atoms with Crippen molar-refractivity contribution in [3.63, 3.8) is 0 Å². The Bertz CT molecular complexity index is 785. The lowest BCUT2D eigenvalue weighted by atomic mass is 10.2. The normalized spacial score (nSPS) is 14.3. The van der Waals surface area contributed by atoms with Gasteiger partial charge in [-0.15, -0.1) is 0 Å². The van der Waals surface area contributed by atoms with Crippen LogP contribution in [0.15, 0.2) is 30.3 Å². The Hall–Kier alpha value is -2.96. The third-order valence-corrected chi connectivity index (χ3v) is 4.10. The SMILES string of the molecule is Cc1cccc(NC(=O)c2cc(C)nc(N3CCN(C=O)CC3)n2)c1. The van der Waals surface area contributed by atoms with Crippen molar-refractivity contribution >= 4 is 24.0 Å². The van der Waals surface area contributed by atoms with Gasteiger partial charge in [0.15, 0.2) is 0 Å². The minimum Gasteiger partial charge on any atom is -0.342 e. The standard InChI is InChI=1S/C18H21N5O2/c1-13-4-3-5-15(10-13)20-17(25)16-11-14(2)19-18(21-16)23-8-6-22(12-24)7-9-23/h3-5,10-12H,6-9H2,1-2H3,(H,20,25). The van der Waals surface area contributed by atoms with E-state index in [2.05, 4.69) is 15.3 Å². The fraction of sp³-hybridized carbons (Fsp3) is 0.333. The number of carbonyl (C=O) groups excluding carboxylic acids is 2. The van der Waals surface area contributed by atoms with E-state index in [1.807, 2.05) is 43.0 Å². The Labute approximate surface area is 146 Å². The summed E-state index contributed by atoms with van der Waals surface area (Å²) in [4.78, 5) is 35.9. The molecule has 2 aromatic rings. The maximum atomic E-state index is 12.5. The number of hydrogen-bond acceptors (Lipinski definition) is 5. The quantitative estimate of drug-likeness (QED) is 0.857. The van der Waals surface area contributed by atoms with Gasteiger partial charge in [-0.3, -0.25) is 9.59 Å². The molecular formula is C18H21N5O2. The number of amides is 2. The molecule has 0 bridgehead atoms. The molecule has 130 valence electrons. The Morgan fingerprint density at radius 2 is 1.88 bits per heavy atom. The molecule has 25 heavy (non-hydrogen) atoms. The number of aryl methyl sites for hydroxylation is 2. The average Bonchev–Trinajstić information content (AvgIpc) is 2.61. The number of anilines is 2. The molecule has 1 fully saturated rings. The zero-order chi connectivity index (χ0) is 17.8. The van der Waals surface area contributed by atoms with Gasteiger partial charge < -0.3 is 15.1 Å². The molecule has 1 saturated heterocycles. The lowest BCUT2D eigenvalue weighted by molar-refractivity contribution is -0.118. The molecule has 1 N–H and O–H groups in total. The zero-order valence-electron chi connectivity index (χ0n) is 14.4. The van der Waals surface area contributed by atoms with E-state index in [4.69, 9.17) is 0 Å². The van der Waals surface area contributed by atoms with Crippen LogP contribution in [0, 0.1) is 13.8 Å². The molecule has 3 rings (SSSR count). The summed E-state index contributed by atoms with van der Waals surface area (Å²) < 4.78 is 0. The molecule has 7 heteroatoms. The van der Waals surface area contributed by atoms with Crippen LogP contribution in [0.4, 0.5) is 11.6 Å². The number of nitrogens with one attached hydrogen (secondary N) is 1. The van der Waals surface area contributed by atoms with Crippen molar-refractivity contribution in [2.24, 2.45) is 0 Å². The number of carbonyl (C=O) groups is 2. The van der Waals surface area contributed by atoms with Crippen molar-refractivity contribution in [3.05, 3.63) is 47.3 Å². The molecule has 0 atom stereocenters. The van der Waals surface area contributed by atoms with Gasteiger partial charge in [-0.25, -0.2) is 9.97 Å². The number of hydrogen-bond donors (Lipinski definition) is 1. The summed E-state index contributed by atoms with van der Waals surface area (Å²) in [5.74, 6) is 0.267. The van der Waals surface area contributed by atoms with E-state index in [0.29, 0.717) is 37.8 Å². The fourth-order valence-corrected chi connectivity index (χ4v) is 2.76. The maximum absolute atomic E-state index is 12.5. The van der Waals surface area contributed by atoms with Crippen LogP contribution in [0.5, 0.6) is 0 Å². The highest BCUT2D eigenvalue weighted by Crippen LogP contribution is 2.15. The van der Waals surface area contributed by atoms with Crippen molar-refractivity contribution in [2.75, 3.05) is 36.4 Å². The molecule has 0 saturated carbocycles. The Morgan fingerprint density at radius 1 is 1.12 bits per heavy atom. The first-order valence-electron chi connectivity index (χ1n) is 8.23. The first kappa shape index (κ1) is 16.9. The van der Waals surface area contributed by atoms with Crippen molar-refractivity contribution in [1.29, 1.82) is 0 Å². The van der Waals surface area contributed by atoms with Crippen LogP contribution in [0.25, 0.3) is 0 Å². The molecule has 2 amide bonds. The van der Waals surface area contributed by atoms with Gasteiger partial charge in [0.2, 0.25) is 12.4 Å². The molecule has 7 nitrogen and oxygen atoms in total. The van der Waals surface area contributed by atoms with E-state index < -0.39 is 0 Å². The van der Waals surface area contributed by atoms with E-state index in [1.165, 1.54) is 0 Å². The van der Waals surface area contributed by atoms with Crippen molar-refractivity contribution < 1.29 is 9.59 Å². The molecule has 0 aliphatic carbocycles. The van der Waals surface area contributed by atoms with E-state index >= 15 is 0 Å². The number of aromatic nitrogens is 2. The van der Waals surface area contributed by atoms with Gasteiger partial charge in [-0.1, -0.05) is 12.1 Å². The summed E-state index contributed by atoms with van der Waals surface area (Å²) >= 11 is 0. The van der Waals surface area contributed by atoms with E-state index in [1.54, 1.807) is 11.0 Å². The maximum Gasteiger partial charge on any atom is 0.274 e. The van der Waals surface area contributed by atoms with E-state index in [-0.39, 0.29) is 5.91 Å². The number of piperazine rings is 1. The number of benzene rings is 1. The third kappa shape index (κ3) is 4.12. The smallest absolute Gasteiger partial charge is 0.274 e. The second-order valence-electron chi connectivity index (χ2n) is 6.15.